The lowest BCUT2D eigenvalue weighted by Crippen LogP contribution is -2.43. The van der Waals surface area contributed by atoms with E-state index in [9.17, 15) is 9.59 Å². The minimum atomic E-state index is -0.280. The minimum Gasteiger partial charge on any atom is -0.350 e. The molecule has 0 radical (unpaired) electrons. The molecule has 0 aliphatic carbocycles. The van der Waals surface area contributed by atoms with Gasteiger partial charge in [0.2, 0.25) is 0 Å². The Labute approximate surface area is 128 Å². The van der Waals surface area contributed by atoms with E-state index in [1.165, 1.54) is 0 Å². The topological polar surface area (TPSA) is 86.9 Å². The number of piperidine rings is 1. The molecular formula is C16H20N4O2. The third-order valence-corrected chi connectivity index (χ3v) is 4.40. The molecule has 0 atom stereocenters. The Morgan fingerprint density at radius 2 is 1.95 bits per heavy atom. The molecule has 3 rings (SSSR count). The van der Waals surface area contributed by atoms with Crippen molar-refractivity contribution in [2.24, 2.45) is 5.41 Å². The van der Waals surface area contributed by atoms with Crippen LogP contribution in [0.5, 0.6) is 0 Å². The Morgan fingerprint density at radius 3 is 2.68 bits per heavy atom. The summed E-state index contributed by atoms with van der Waals surface area (Å²) in [5.74, 6) is -0.243. The van der Waals surface area contributed by atoms with E-state index in [-0.39, 0.29) is 22.6 Å². The second-order valence-electron chi connectivity index (χ2n) is 6.19. The molecule has 1 amide bonds. The number of rotatable bonds is 3. The Kier molecular flexibility index (Phi) is 3.94. The lowest BCUT2D eigenvalue weighted by molar-refractivity contribution is 0.0918. The van der Waals surface area contributed by atoms with E-state index in [2.05, 4.69) is 27.8 Å². The van der Waals surface area contributed by atoms with Crippen LogP contribution in [0.2, 0.25) is 0 Å². The second-order valence-corrected chi connectivity index (χ2v) is 6.19. The molecule has 3 N–H and O–H groups in total. The predicted molar refractivity (Wildman–Crippen MR) is 84.9 cm³/mol. The summed E-state index contributed by atoms with van der Waals surface area (Å²) in [6.45, 7) is 4.76. The maximum Gasteiger partial charge on any atom is 0.272 e. The van der Waals surface area contributed by atoms with Crippen LogP contribution in [0, 0.1) is 5.41 Å². The summed E-state index contributed by atoms with van der Waals surface area (Å²) in [7, 11) is 0. The van der Waals surface area contributed by atoms with Crippen LogP contribution in [-0.2, 0) is 0 Å². The van der Waals surface area contributed by atoms with Crippen molar-refractivity contribution in [1.29, 1.82) is 0 Å². The number of nitrogens with one attached hydrogen (secondary N) is 3. The number of aromatic amines is 1. The number of carbonyl (C=O) groups excluding carboxylic acids is 1. The largest absolute Gasteiger partial charge is 0.350 e. The third-order valence-electron chi connectivity index (χ3n) is 4.40. The molecule has 0 bridgehead atoms. The van der Waals surface area contributed by atoms with Gasteiger partial charge in [0.25, 0.3) is 11.5 Å². The molecule has 1 aliphatic rings. The number of hydrogen-bond donors (Lipinski definition) is 3. The van der Waals surface area contributed by atoms with Crippen molar-refractivity contribution in [3.8, 4) is 0 Å². The van der Waals surface area contributed by atoms with Gasteiger partial charge in [-0.1, -0.05) is 25.1 Å². The third kappa shape index (κ3) is 2.87. The fraction of sp³-hybridized carbons (Fsp3) is 0.438. The Morgan fingerprint density at radius 1 is 1.27 bits per heavy atom. The van der Waals surface area contributed by atoms with Crippen LogP contribution >= 0.6 is 0 Å². The van der Waals surface area contributed by atoms with Gasteiger partial charge in [0, 0.05) is 11.9 Å². The molecule has 1 fully saturated rings. The van der Waals surface area contributed by atoms with Gasteiger partial charge in [-0.05, 0) is 37.4 Å². The van der Waals surface area contributed by atoms with Crippen LogP contribution in [0.25, 0.3) is 10.8 Å². The average molecular weight is 300 g/mol. The highest BCUT2D eigenvalue weighted by molar-refractivity contribution is 6.04. The first-order valence-electron chi connectivity index (χ1n) is 7.55. The van der Waals surface area contributed by atoms with Gasteiger partial charge in [-0.3, -0.25) is 9.59 Å². The molecule has 0 unspecified atom stereocenters. The van der Waals surface area contributed by atoms with E-state index in [1.54, 1.807) is 24.3 Å². The maximum absolute atomic E-state index is 12.4. The van der Waals surface area contributed by atoms with Gasteiger partial charge in [-0.25, -0.2) is 5.10 Å². The maximum atomic E-state index is 12.4. The number of amides is 1. The van der Waals surface area contributed by atoms with Crippen LogP contribution in [0.15, 0.2) is 29.1 Å². The van der Waals surface area contributed by atoms with Crippen LogP contribution in [0.4, 0.5) is 0 Å². The Hall–Kier alpha value is -2.21. The summed E-state index contributed by atoms with van der Waals surface area (Å²) in [5, 5.41) is 13.7. The quantitative estimate of drug-likeness (QED) is 0.790. The minimum absolute atomic E-state index is 0.110. The number of carbonyl (C=O) groups is 1. The molecule has 1 aliphatic heterocycles. The normalized spacial score (nSPS) is 17.3. The Bertz CT molecular complexity index is 747. The van der Waals surface area contributed by atoms with Gasteiger partial charge in [0.15, 0.2) is 5.69 Å². The zero-order chi connectivity index (χ0) is 15.6. The van der Waals surface area contributed by atoms with Crippen molar-refractivity contribution in [3.63, 3.8) is 0 Å². The zero-order valence-electron chi connectivity index (χ0n) is 12.6. The summed E-state index contributed by atoms with van der Waals surface area (Å²) in [6.07, 6.45) is 2.07. The summed E-state index contributed by atoms with van der Waals surface area (Å²) in [4.78, 5) is 24.2. The number of fused-ring (bicyclic) bond motifs is 1. The van der Waals surface area contributed by atoms with Crippen molar-refractivity contribution in [1.82, 2.24) is 20.8 Å². The van der Waals surface area contributed by atoms with Gasteiger partial charge < -0.3 is 10.6 Å². The monoisotopic (exact) mass is 300 g/mol. The molecule has 116 valence electrons. The number of hydrogen-bond acceptors (Lipinski definition) is 4. The van der Waals surface area contributed by atoms with Crippen molar-refractivity contribution >= 4 is 16.7 Å². The van der Waals surface area contributed by atoms with E-state index in [1.807, 2.05) is 0 Å². The van der Waals surface area contributed by atoms with E-state index < -0.39 is 0 Å². The molecule has 6 nitrogen and oxygen atoms in total. The highest BCUT2D eigenvalue weighted by Gasteiger charge is 2.27. The number of H-pyrrole nitrogens is 1. The molecule has 2 heterocycles. The summed E-state index contributed by atoms with van der Waals surface area (Å²) in [6, 6.07) is 7.02. The molecule has 1 saturated heterocycles. The molecule has 0 saturated carbocycles. The van der Waals surface area contributed by atoms with Crippen molar-refractivity contribution in [2.75, 3.05) is 19.6 Å². The first-order chi connectivity index (χ1) is 10.6. The summed E-state index contributed by atoms with van der Waals surface area (Å²) < 4.78 is 0. The second kappa shape index (κ2) is 5.88. The SMILES string of the molecule is CC1(CNC(=O)c2n[nH]c(=O)c3ccccc23)CCNCC1. The molecule has 22 heavy (non-hydrogen) atoms. The van der Waals surface area contributed by atoms with Crippen LogP contribution < -0.4 is 16.2 Å². The van der Waals surface area contributed by atoms with Crippen molar-refractivity contribution in [3.05, 3.63) is 40.3 Å². The summed E-state index contributed by atoms with van der Waals surface area (Å²) >= 11 is 0. The number of aromatic nitrogens is 2. The van der Waals surface area contributed by atoms with E-state index in [0.29, 0.717) is 17.3 Å². The van der Waals surface area contributed by atoms with Gasteiger partial charge in [0.1, 0.15) is 0 Å². The zero-order valence-corrected chi connectivity index (χ0v) is 12.6. The molecule has 1 aromatic heterocycles. The highest BCUT2D eigenvalue weighted by Crippen LogP contribution is 2.26. The van der Waals surface area contributed by atoms with Crippen LogP contribution in [-0.4, -0.2) is 35.7 Å². The highest BCUT2D eigenvalue weighted by atomic mass is 16.2. The van der Waals surface area contributed by atoms with Gasteiger partial charge in [-0.15, -0.1) is 0 Å². The molecule has 1 aromatic carbocycles. The number of benzene rings is 1. The van der Waals surface area contributed by atoms with Gasteiger partial charge in [-0.2, -0.15) is 5.10 Å². The van der Waals surface area contributed by atoms with Gasteiger partial charge in [0.05, 0.1) is 5.39 Å². The molecule has 2 aromatic rings. The van der Waals surface area contributed by atoms with Gasteiger partial charge >= 0.3 is 0 Å². The lowest BCUT2D eigenvalue weighted by Gasteiger charge is -2.34. The van der Waals surface area contributed by atoms with Crippen molar-refractivity contribution in [2.45, 2.75) is 19.8 Å². The smallest absolute Gasteiger partial charge is 0.272 e. The van der Waals surface area contributed by atoms with Crippen LogP contribution in [0.1, 0.15) is 30.3 Å². The van der Waals surface area contributed by atoms with E-state index in [0.717, 1.165) is 25.9 Å². The van der Waals surface area contributed by atoms with E-state index >= 15 is 0 Å². The Balaban J connectivity index is 1.81. The fourth-order valence-corrected chi connectivity index (χ4v) is 2.87. The number of nitrogens with zero attached hydrogens (tertiary/aromatic N) is 1. The standard InChI is InChI=1S/C16H20N4O2/c1-16(6-8-17-9-7-16)10-18-15(22)13-11-4-2-3-5-12(11)14(21)20-19-13/h2-5,17H,6-10H2,1H3,(H,18,22)(H,20,21). The molecular weight excluding hydrogens is 280 g/mol. The molecule has 0 spiro atoms. The van der Waals surface area contributed by atoms with Crippen molar-refractivity contribution < 1.29 is 4.79 Å². The lowest BCUT2D eigenvalue weighted by atomic mass is 9.81. The van der Waals surface area contributed by atoms with Crippen LogP contribution in [0.3, 0.4) is 0 Å². The first-order valence-corrected chi connectivity index (χ1v) is 7.55. The average Bonchev–Trinajstić information content (AvgIpc) is 2.54. The predicted octanol–water partition coefficient (Wildman–Crippen LogP) is 1.04. The summed E-state index contributed by atoms with van der Waals surface area (Å²) in [5.41, 5.74) is 0.101. The molecule has 6 heteroatoms. The first kappa shape index (κ1) is 14.7. The van der Waals surface area contributed by atoms with E-state index in [4.69, 9.17) is 0 Å². The fourth-order valence-electron chi connectivity index (χ4n) is 2.87.